The van der Waals surface area contributed by atoms with Crippen LogP contribution in [0.25, 0.3) is 0 Å². The summed E-state index contributed by atoms with van der Waals surface area (Å²) < 4.78 is 25.2. The van der Waals surface area contributed by atoms with E-state index in [2.05, 4.69) is 22.6 Å². The van der Waals surface area contributed by atoms with Crippen molar-refractivity contribution in [1.82, 2.24) is 4.57 Å². The fourth-order valence-electron chi connectivity index (χ4n) is 1.41. The maximum absolute atomic E-state index is 11.6. The number of nitrogens with zero attached hydrogens (tertiary/aromatic N) is 1. The molecule has 0 saturated carbocycles. The first-order valence-electron chi connectivity index (χ1n) is 5.42. The summed E-state index contributed by atoms with van der Waals surface area (Å²) in [6, 6.07) is 1.58. The lowest BCUT2D eigenvalue weighted by atomic mass is 10.3. The molecule has 0 N–H and O–H groups in total. The largest absolute Gasteiger partial charge is 0.314 e. The van der Waals surface area contributed by atoms with E-state index < -0.39 is 9.84 Å². The quantitative estimate of drug-likeness (QED) is 0.741. The molecule has 0 aliphatic carbocycles. The van der Waals surface area contributed by atoms with Crippen LogP contribution in [-0.4, -0.2) is 24.5 Å². The molecule has 4 nitrogen and oxygen atoms in total. The molecular formula is C11H16INO3S. The van der Waals surface area contributed by atoms with Gasteiger partial charge in [0.2, 0.25) is 0 Å². The summed E-state index contributed by atoms with van der Waals surface area (Å²) in [7, 11) is -2.94. The van der Waals surface area contributed by atoms with Crippen molar-refractivity contribution >= 4 is 32.4 Å². The second-order valence-corrected chi connectivity index (χ2v) is 7.56. The fourth-order valence-corrected chi connectivity index (χ4v) is 2.76. The van der Waals surface area contributed by atoms with Gasteiger partial charge in [-0.2, -0.15) is 0 Å². The van der Waals surface area contributed by atoms with Gasteiger partial charge >= 0.3 is 0 Å². The van der Waals surface area contributed by atoms with Gasteiger partial charge in [-0.05, 0) is 41.5 Å². The average Bonchev–Trinajstić information content (AvgIpc) is 2.25. The van der Waals surface area contributed by atoms with Crippen molar-refractivity contribution in [1.29, 1.82) is 0 Å². The molecule has 0 fully saturated rings. The van der Waals surface area contributed by atoms with Crippen LogP contribution in [0, 0.1) is 10.5 Å². The molecule has 0 aliphatic heterocycles. The Bertz CT molecular complexity index is 548. The van der Waals surface area contributed by atoms with Gasteiger partial charge in [-0.15, -0.1) is 0 Å². The van der Waals surface area contributed by atoms with Gasteiger partial charge in [0.1, 0.15) is 9.84 Å². The molecule has 96 valence electrons. The number of pyridine rings is 1. The molecule has 1 heterocycles. The zero-order valence-corrected chi connectivity index (χ0v) is 12.9. The first-order chi connectivity index (χ1) is 7.85. The highest BCUT2D eigenvalue weighted by molar-refractivity contribution is 14.1. The highest BCUT2D eigenvalue weighted by atomic mass is 127. The van der Waals surface area contributed by atoms with Crippen molar-refractivity contribution in [2.75, 3.05) is 11.5 Å². The lowest BCUT2D eigenvalue weighted by molar-refractivity contribution is 0.584. The Kier molecular flexibility index (Phi) is 5.18. The Balaban J connectivity index is 2.71. The molecule has 0 atom stereocenters. The number of halogens is 1. The third-order valence-corrected chi connectivity index (χ3v) is 5.48. The predicted octanol–water partition coefficient (Wildman–Crippen LogP) is 1.59. The van der Waals surface area contributed by atoms with E-state index in [1.165, 1.54) is 0 Å². The van der Waals surface area contributed by atoms with E-state index in [0.717, 1.165) is 9.13 Å². The van der Waals surface area contributed by atoms with Crippen molar-refractivity contribution in [3.05, 3.63) is 31.8 Å². The molecular weight excluding hydrogens is 353 g/mol. The Morgan fingerprint density at radius 3 is 2.65 bits per heavy atom. The maximum Gasteiger partial charge on any atom is 0.250 e. The van der Waals surface area contributed by atoms with Gasteiger partial charge in [-0.3, -0.25) is 4.79 Å². The van der Waals surface area contributed by atoms with E-state index in [1.54, 1.807) is 23.8 Å². The van der Waals surface area contributed by atoms with Crippen LogP contribution < -0.4 is 5.56 Å². The van der Waals surface area contributed by atoms with Gasteiger partial charge in [0.15, 0.2) is 0 Å². The van der Waals surface area contributed by atoms with Gasteiger partial charge < -0.3 is 4.57 Å². The van der Waals surface area contributed by atoms with Crippen molar-refractivity contribution in [3.8, 4) is 0 Å². The molecule has 0 bridgehead atoms. The van der Waals surface area contributed by atoms with Crippen molar-refractivity contribution in [2.45, 2.75) is 26.8 Å². The molecule has 0 spiro atoms. The summed E-state index contributed by atoms with van der Waals surface area (Å²) in [6.45, 7) is 3.97. The Morgan fingerprint density at radius 2 is 2.06 bits per heavy atom. The van der Waals surface area contributed by atoms with Crippen LogP contribution in [0.5, 0.6) is 0 Å². The fraction of sp³-hybridized carbons (Fsp3) is 0.545. The van der Waals surface area contributed by atoms with E-state index in [9.17, 15) is 13.2 Å². The monoisotopic (exact) mass is 369 g/mol. The number of aryl methyl sites for hydroxylation is 2. The minimum absolute atomic E-state index is 0.0724. The van der Waals surface area contributed by atoms with Crippen LogP contribution in [0.1, 0.15) is 18.9 Å². The van der Waals surface area contributed by atoms with Gasteiger partial charge in [0.05, 0.1) is 5.75 Å². The van der Waals surface area contributed by atoms with Crippen LogP contribution >= 0.6 is 22.6 Å². The minimum Gasteiger partial charge on any atom is -0.314 e. The maximum atomic E-state index is 11.6. The molecule has 0 unspecified atom stereocenters. The van der Waals surface area contributed by atoms with Gasteiger partial charge in [-0.1, -0.05) is 6.92 Å². The van der Waals surface area contributed by atoms with Crippen LogP contribution in [0.3, 0.4) is 0 Å². The van der Waals surface area contributed by atoms with Crippen LogP contribution in [0.2, 0.25) is 0 Å². The van der Waals surface area contributed by atoms with Crippen molar-refractivity contribution in [2.24, 2.45) is 0 Å². The lowest BCUT2D eigenvalue weighted by Gasteiger charge is -2.07. The Hall–Kier alpha value is -0.370. The number of sulfone groups is 1. The average molecular weight is 369 g/mol. The third-order valence-electron chi connectivity index (χ3n) is 2.56. The van der Waals surface area contributed by atoms with Crippen LogP contribution in [0.4, 0.5) is 0 Å². The molecule has 0 aromatic carbocycles. The normalized spacial score (nSPS) is 11.7. The molecule has 1 aromatic heterocycles. The van der Waals surface area contributed by atoms with Crippen LogP contribution in [0.15, 0.2) is 17.1 Å². The number of hydrogen-bond donors (Lipinski definition) is 0. The molecule has 17 heavy (non-hydrogen) atoms. The minimum atomic E-state index is -2.94. The Morgan fingerprint density at radius 1 is 1.41 bits per heavy atom. The summed E-state index contributed by atoms with van der Waals surface area (Å²) in [6.07, 6.45) is 2.26. The highest BCUT2D eigenvalue weighted by Gasteiger charge is 2.07. The molecule has 1 aromatic rings. The first kappa shape index (κ1) is 14.7. The Labute approximate surface area is 115 Å². The number of hydrogen-bond acceptors (Lipinski definition) is 3. The molecule has 1 rings (SSSR count). The van der Waals surface area contributed by atoms with E-state index in [1.807, 2.05) is 6.92 Å². The number of aromatic nitrogens is 1. The van der Waals surface area contributed by atoms with E-state index in [0.29, 0.717) is 13.0 Å². The molecule has 0 saturated heterocycles. The first-order valence-corrected chi connectivity index (χ1v) is 8.33. The van der Waals surface area contributed by atoms with E-state index >= 15 is 0 Å². The third kappa shape index (κ3) is 4.42. The zero-order valence-electron chi connectivity index (χ0n) is 9.94. The molecule has 0 radical (unpaired) electrons. The summed E-state index contributed by atoms with van der Waals surface area (Å²) in [5.41, 5.74) is 0.879. The molecule has 6 heteroatoms. The topological polar surface area (TPSA) is 56.1 Å². The second-order valence-electron chi connectivity index (χ2n) is 3.93. The van der Waals surface area contributed by atoms with Gasteiger partial charge in [-0.25, -0.2) is 8.42 Å². The summed E-state index contributed by atoms with van der Waals surface area (Å²) >= 11 is 2.16. The van der Waals surface area contributed by atoms with E-state index in [4.69, 9.17) is 0 Å². The summed E-state index contributed by atoms with van der Waals surface area (Å²) in [5.74, 6) is 0.299. The number of rotatable bonds is 5. The molecule has 0 amide bonds. The van der Waals surface area contributed by atoms with Crippen LogP contribution in [-0.2, 0) is 16.4 Å². The van der Waals surface area contributed by atoms with E-state index in [-0.39, 0.29) is 17.1 Å². The smallest absolute Gasteiger partial charge is 0.250 e. The highest BCUT2D eigenvalue weighted by Crippen LogP contribution is 2.07. The standard InChI is InChI=1S/C11H16INO3S/c1-3-17(15,16)6-4-5-13-8-10(12)9(2)7-11(13)14/h7-8H,3-6H2,1-2H3. The predicted molar refractivity (Wildman–Crippen MR) is 77.1 cm³/mol. The summed E-state index contributed by atoms with van der Waals surface area (Å²) in [5, 5.41) is 0. The van der Waals surface area contributed by atoms with Gasteiger partial charge in [0, 0.05) is 28.1 Å². The zero-order chi connectivity index (χ0) is 13.1. The second kappa shape index (κ2) is 5.99. The SMILES string of the molecule is CCS(=O)(=O)CCCn1cc(I)c(C)cc1=O. The summed E-state index contributed by atoms with van der Waals surface area (Å²) in [4.78, 5) is 11.6. The van der Waals surface area contributed by atoms with Crippen molar-refractivity contribution < 1.29 is 8.42 Å². The lowest BCUT2D eigenvalue weighted by Crippen LogP contribution is -2.21. The molecule has 0 aliphatic rings. The van der Waals surface area contributed by atoms with Crippen molar-refractivity contribution in [3.63, 3.8) is 0 Å². The van der Waals surface area contributed by atoms with Gasteiger partial charge in [0.25, 0.3) is 5.56 Å².